The largest absolute Gasteiger partial charge is 0.452 e. The smallest absolute Gasteiger partial charge is 0.374 e. The van der Waals surface area contributed by atoms with Crippen LogP contribution in [-0.2, 0) is 16.1 Å². The van der Waals surface area contributed by atoms with E-state index in [0.29, 0.717) is 18.8 Å². The van der Waals surface area contributed by atoms with Crippen LogP contribution in [-0.4, -0.2) is 34.8 Å². The lowest BCUT2D eigenvalue weighted by molar-refractivity contribution is -0.124. The third kappa shape index (κ3) is 4.76. The minimum absolute atomic E-state index is 0.0727. The van der Waals surface area contributed by atoms with Crippen LogP contribution in [0, 0.1) is 0 Å². The Morgan fingerprint density at radius 1 is 1.41 bits per heavy atom. The van der Waals surface area contributed by atoms with E-state index in [1.54, 1.807) is 29.2 Å². The fourth-order valence-corrected chi connectivity index (χ4v) is 1.78. The van der Waals surface area contributed by atoms with Crippen LogP contribution in [0.25, 0.3) is 0 Å². The molecule has 0 radical (unpaired) electrons. The number of hydrogen-bond acceptors (Lipinski definition) is 5. The maximum Gasteiger partial charge on any atom is 0.374 e. The van der Waals surface area contributed by atoms with Crippen molar-refractivity contribution in [1.29, 1.82) is 0 Å². The molecule has 0 aliphatic rings. The summed E-state index contributed by atoms with van der Waals surface area (Å²) in [5.74, 6) is -0.311. The van der Waals surface area contributed by atoms with E-state index >= 15 is 0 Å². The maximum absolute atomic E-state index is 11.8. The Labute approximate surface area is 128 Å². The molecule has 2 heterocycles. The van der Waals surface area contributed by atoms with Gasteiger partial charge in [-0.05, 0) is 24.6 Å². The van der Waals surface area contributed by atoms with Crippen molar-refractivity contribution < 1.29 is 18.7 Å². The summed E-state index contributed by atoms with van der Waals surface area (Å²) in [5.41, 5.74) is 0. The Kier molecular flexibility index (Phi) is 5.76. The van der Waals surface area contributed by atoms with Gasteiger partial charge in [0.15, 0.2) is 6.61 Å². The number of hydrogen-bond donors (Lipinski definition) is 1. The summed E-state index contributed by atoms with van der Waals surface area (Å²) in [6, 6.07) is 5.00. The summed E-state index contributed by atoms with van der Waals surface area (Å²) in [6.07, 6.45) is 5.34. The second-order valence-electron chi connectivity index (χ2n) is 4.75. The number of unbranched alkanes of at least 4 members (excludes halogenated alkanes) is 1. The average molecular weight is 305 g/mol. The van der Waals surface area contributed by atoms with Crippen LogP contribution in [0.4, 0.5) is 0 Å². The normalized spacial score (nSPS) is 10.4. The van der Waals surface area contributed by atoms with Crippen molar-refractivity contribution in [3.8, 4) is 0 Å². The summed E-state index contributed by atoms with van der Waals surface area (Å²) >= 11 is 0. The van der Waals surface area contributed by atoms with E-state index in [9.17, 15) is 9.59 Å². The van der Waals surface area contributed by atoms with Crippen molar-refractivity contribution in [2.24, 2.45) is 0 Å². The van der Waals surface area contributed by atoms with Crippen molar-refractivity contribution in [3.63, 3.8) is 0 Å². The van der Waals surface area contributed by atoms with Gasteiger partial charge >= 0.3 is 5.97 Å². The van der Waals surface area contributed by atoms with Gasteiger partial charge in [0.05, 0.1) is 6.54 Å². The molecule has 118 valence electrons. The monoisotopic (exact) mass is 305 g/mol. The fraction of sp³-hybridized carbons (Fsp3) is 0.400. The number of nitrogens with one attached hydrogen (secondary N) is 1. The highest BCUT2D eigenvalue weighted by atomic mass is 16.5. The lowest BCUT2D eigenvalue weighted by Gasteiger charge is -2.04. The predicted octanol–water partition coefficient (Wildman–Crippen LogP) is 1.60. The number of ether oxygens (including phenoxy) is 1. The van der Waals surface area contributed by atoms with Gasteiger partial charge in [-0.15, -0.1) is 0 Å². The summed E-state index contributed by atoms with van der Waals surface area (Å²) in [7, 11) is 0. The molecule has 0 aliphatic heterocycles. The van der Waals surface area contributed by atoms with Crippen LogP contribution in [0.5, 0.6) is 0 Å². The number of carbonyl (C=O) groups excluding carboxylic acids is 2. The van der Waals surface area contributed by atoms with Crippen LogP contribution in [0.1, 0.15) is 36.1 Å². The summed E-state index contributed by atoms with van der Waals surface area (Å²) in [5, 5.41) is 6.72. The maximum atomic E-state index is 11.8. The second kappa shape index (κ2) is 8.02. The van der Waals surface area contributed by atoms with Gasteiger partial charge in [-0.2, -0.15) is 5.10 Å². The van der Waals surface area contributed by atoms with Gasteiger partial charge in [-0.3, -0.25) is 9.48 Å². The van der Waals surface area contributed by atoms with Gasteiger partial charge in [-0.25, -0.2) is 4.79 Å². The molecule has 7 nitrogen and oxygen atoms in total. The zero-order valence-corrected chi connectivity index (χ0v) is 12.4. The molecule has 0 bridgehead atoms. The number of carbonyl (C=O) groups is 2. The topological polar surface area (TPSA) is 86.4 Å². The molecule has 0 saturated heterocycles. The van der Waals surface area contributed by atoms with Gasteiger partial charge in [0.1, 0.15) is 5.76 Å². The standard InChI is InChI=1S/C15H19N3O4/c1-2-3-7-16-14(19)11-21-15(20)13-6-5-12(22-13)10-18-9-4-8-17-18/h4-6,8-9H,2-3,7,10-11H2,1H3,(H,16,19). The first-order valence-corrected chi connectivity index (χ1v) is 7.19. The fourth-order valence-electron chi connectivity index (χ4n) is 1.78. The molecule has 1 amide bonds. The molecule has 22 heavy (non-hydrogen) atoms. The Bertz CT molecular complexity index is 604. The number of aromatic nitrogens is 2. The van der Waals surface area contributed by atoms with Gasteiger partial charge in [-0.1, -0.05) is 13.3 Å². The molecule has 0 aromatic carbocycles. The van der Waals surface area contributed by atoms with Crippen LogP contribution in [0.3, 0.4) is 0 Å². The van der Waals surface area contributed by atoms with Crippen molar-refractivity contribution in [1.82, 2.24) is 15.1 Å². The summed E-state index contributed by atoms with van der Waals surface area (Å²) < 4.78 is 12.0. The van der Waals surface area contributed by atoms with Gasteiger partial charge in [0, 0.05) is 18.9 Å². The number of esters is 1. The Hall–Kier alpha value is -2.57. The molecule has 1 N–H and O–H groups in total. The van der Waals surface area contributed by atoms with Crippen LogP contribution in [0.2, 0.25) is 0 Å². The molecule has 0 unspecified atom stereocenters. The molecule has 0 saturated carbocycles. The zero-order valence-electron chi connectivity index (χ0n) is 12.4. The first kappa shape index (κ1) is 15.8. The van der Waals surface area contributed by atoms with E-state index in [0.717, 1.165) is 12.8 Å². The van der Waals surface area contributed by atoms with E-state index in [2.05, 4.69) is 10.4 Å². The third-order valence-corrected chi connectivity index (χ3v) is 2.93. The van der Waals surface area contributed by atoms with Crippen LogP contribution >= 0.6 is 0 Å². The van der Waals surface area contributed by atoms with Crippen LogP contribution in [0.15, 0.2) is 35.0 Å². The Morgan fingerprint density at radius 2 is 2.27 bits per heavy atom. The molecule has 0 spiro atoms. The molecule has 0 aliphatic carbocycles. The van der Waals surface area contributed by atoms with E-state index in [-0.39, 0.29) is 18.3 Å². The summed E-state index contributed by atoms with van der Waals surface area (Å²) in [6.45, 7) is 2.74. The molecule has 0 atom stereocenters. The van der Waals surface area contributed by atoms with Crippen molar-refractivity contribution in [3.05, 3.63) is 42.1 Å². The molecule has 2 aromatic rings. The van der Waals surface area contributed by atoms with Crippen molar-refractivity contribution >= 4 is 11.9 Å². The quantitative estimate of drug-likeness (QED) is 0.591. The zero-order chi connectivity index (χ0) is 15.8. The minimum Gasteiger partial charge on any atom is -0.452 e. The van der Waals surface area contributed by atoms with E-state index in [4.69, 9.17) is 9.15 Å². The molecule has 2 rings (SSSR count). The Morgan fingerprint density at radius 3 is 3.00 bits per heavy atom. The number of amides is 1. The highest BCUT2D eigenvalue weighted by Crippen LogP contribution is 2.10. The van der Waals surface area contributed by atoms with E-state index in [1.807, 2.05) is 6.92 Å². The third-order valence-electron chi connectivity index (χ3n) is 2.93. The molecular weight excluding hydrogens is 286 g/mol. The minimum atomic E-state index is -0.655. The first-order chi connectivity index (χ1) is 10.7. The van der Waals surface area contributed by atoms with Gasteiger partial charge in [0.2, 0.25) is 5.76 Å². The Balaban J connectivity index is 1.78. The lowest BCUT2D eigenvalue weighted by atomic mass is 10.3. The van der Waals surface area contributed by atoms with Gasteiger partial charge in [0.25, 0.3) is 5.91 Å². The van der Waals surface area contributed by atoms with Gasteiger partial charge < -0.3 is 14.5 Å². The predicted molar refractivity (Wildman–Crippen MR) is 78.2 cm³/mol. The number of rotatable bonds is 8. The van der Waals surface area contributed by atoms with E-state index < -0.39 is 5.97 Å². The molecular formula is C15H19N3O4. The number of furan rings is 1. The van der Waals surface area contributed by atoms with Crippen molar-refractivity contribution in [2.45, 2.75) is 26.3 Å². The van der Waals surface area contributed by atoms with Crippen molar-refractivity contribution in [2.75, 3.05) is 13.2 Å². The molecule has 0 fully saturated rings. The SMILES string of the molecule is CCCCNC(=O)COC(=O)c1ccc(Cn2cccn2)o1. The lowest BCUT2D eigenvalue weighted by Crippen LogP contribution is -2.29. The highest BCUT2D eigenvalue weighted by molar-refractivity contribution is 5.88. The number of nitrogens with zero attached hydrogens (tertiary/aromatic N) is 2. The first-order valence-electron chi connectivity index (χ1n) is 7.19. The van der Waals surface area contributed by atoms with Crippen LogP contribution < -0.4 is 5.32 Å². The molecule has 7 heteroatoms. The van der Waals surface area contributed by atoms with E-state index in [1.165, 1.54) is 6.07 Å². The molecule has 2 aromatic heterocycles. The second-order valence-corrected chi connectivity index (χ2v) is 4.75. The summed E-state index contributed by atoms with van der Waals surface area (Å²) in [4.78, 5) is 23.2. The average Bonchev–Trinajstić information content (AvgIpc) is 3.17. The highest BCUT2D eigenvalue weighted by Gasteiger charge is 2.14.